The van der Waals surface area contributed by atoms with Crippen LogP contribution in [0, 0.1) is 13.8 Å². The highest BCUT2D eigenvalue weighted by atomic mass is 32.1. The third kappa shape index (κ3) is 4.18. The molecule has 178 valence electrons. The van der Waals surface area contributed by atoms with Gasteiger partial charge >= 0.3 is 6.18 Å². The van der Waals surface area contributed by atoms with E-state index in [9.17, 15) is 13.2 Å². The number of benzene rings is 2. The van der Waals surface area contributed by atoms with Crippen molar-refractivity contribution in [3.8, 4) is 5.69 Å². The van der Waals surface area contributed by atoms with Crippen LogP contribution in [0.3, 0.4) is 0 Å². The first-order valence-electron chi connectivity index (χ1n) is 11.2. The molecule has 3 heterocycles. The Hall–Kier alpha value is -3.65. The molecule has 1 fully saturated rings. The predicted molar refractivity (Wildman–Crippen MR) is 135 cm³/mol. The SMILES string of the molecule is Cc1cc([C@H]2[C@H](c3ccccn3)NC(=S)N2c2ccccc2)c(C)n1-c1cccc(C(F)(F)F)c1. The van der Waals surface area contributed by atoms with Crippen molar-refractivity contribution >= 4 is 23.0 Å². The van der Waals surface area contributed by atoms with Gasteiger partial charge in [-0.3, -0.25) is 4.98 Å². The molecule has 1 saturated heterocycles. The van der Waals surface area contributed by atoms with E-state index in [0.29, 0.717) is 10.8 Å². The summed E-state index contributed by atoms with van der Waals surface area (Å²) in [5.41, 5.74) is 4.20. The number of halogens is 3. The van der Waals surface area contributed by atoms with Crippen LogP contribution in [0.4, 0.5) is 18.9 Å². The Morgan fingerprint density at radius 3 is 2.29 bits per heavy atom. The summed E-state index contributed by atoms with van der Waals surface area (Å²) in [5, 5.41) is 4.00. The van der Waals surface area contributed by atoms with Crippen molar-refractivity contribution in [3.05, 3.63) is 113 Å². The number of pyridine rings is 1. The normalized spacial score (nSPS) is 18.1. The number of anilines is 1. The maximum Gasteiger partial charge on any atom is 0.416 e. The zero-order valence-corrected chi connectivity index (χ0v) is 19.9. The van der Waals surface area contributed by atoms with Crippen LogP contribution in [0.1, 0.15) is 40.3 Å². The molecule has 4 aromatic rings. The highest BCUT2D eigenvalue weighted by Gasteiger charge is 2.42. The van der Waals surface area contributed by atoms with E-state index >= 15 is 0 Å². The van der Waals surface area contributed by atoms with Gasteiger partial charge in [0, 0.05) is 29.0 Å². The number of para-hydroxylation sites is 1. The molecule has 2 aromatic heterocycles. The molecule has 8 heteroatoms. The minimum atomic E-state index is -4.41. The van der Waals surface area contributed by atoms with Crippen LogP contribution in [0.15, 0.2) is 85.1 Å². The maximum absolute atomic E-state index is 13.4. The average Bonchev–Trinajstić information content (AvgIpc) is 3.34. The van der Waals surface area contributed by atoms with Crippen LogP contribution in [-0.2, 0) is 6.18 Å². The summed E-state index contributed by atoms with van der Waals surface area (Å²) in [5.74, 6) is 0. The first-order chi connectivity index (χ1) is 16.8. The number of nitrogens with one attached hydrogen (secondary N) is 1. The van der Waals surface area contributed by atoms with Crippen molar-refractivity contribution in [3.63, 3.8) is 0 Å². The Morgan fingerprint density at radius 2 is 1.60 bits per heavy atom. The molecule has 0 radical (unpaired) electrons. The largest absolute Gasteiger partial charge is 0.416 e. The van der Waals surface area contributed by atoms with Crippen molar-refractivity contribution < 1.29 is 13.2 Å². The summed E-state index contributed by atoms with van der Waals surface area (Å²) in [6.45, 7) is 3.84. The van der Waals surface area contributed by atoms with Gasteiger partial charge in [0.2, 0.25) is 0 Å². The number of aromatic nitrogens is 2. The Kier molecular flexibility index (Phi) is 5.84. The summed E-state index contributed by atoms with van der Waals surface area (Å²) in [4.78, 5) is 6.64. The van der Waals surface area contributed by atoms with Gasteiger partial charge in [-0.1, -0.05) is 30.3 Å². The van der Waals surface area contributed by atoms with Gasteiger partial charge in [-0.25, -0.2) is 0 Å². The van der Waals surface area contributed by atoms with E-state index in [1.165, 1.54) is 12.1 Å². The van der Waals surface area contributed by atoms with Gasteiger partial charge < -0.3 is 14.8 Å². The van der Waals surface area contributed by atoms with Crippen molar-refractivity contribution in [2.24, 2.45) is 0 Å². The first-order valence-corrected chi connectivity index (χ1v) is 11.6. The van der Waals surface area contributed by atoms with Gasteiger partial charge in [0.15, 0.2) is 5.11 Å². The molecule has 0 amide bonds. The van der Waals surface area contributed by atoms with Crippen molar-refractivity contribution in [1.29, 1.82) is 0 Å². The van der Waals surface area contributed by atoms with Crippen LogP contribution in [-0.4, -0.2) is 14.7 Å². The second-order valence-corrected chi connectivity index (χ2v) is 8.93. The summed E-state index contributed by atoms with van der Waals surface area (Å²) in [6, 6.07) is 22.5. The molecule has 0 unspecified atom stereocenters. The van der Waals surface area contributed by atoms with E-state index in [0.717, 1.165) is 34.4 Å². The Balaban J connectivity index is 1.67. The number of hydrogen-bond acceptors (Lipinski definition) is 2. The number of rotatable bonds is 4. The monoisotopic (exact) mass is 492 g/mol. The summed E-state index contributed by atoms with van der Waals surface area (Å²) in [7, 11) is 0. The lowest BCUT2D eigenvalue weighted by atomic mass is 9.96. The lowest BCUT2D eigenvalue weighted by Crippen LogP contribution is -2.29. The van der Waals surface area contributed by atoms with E-state index in [-0.39, 0.29) is 12.1 Å². The highest BCUT2D eigenvalue weighted by Crippen LogP contribution is 2.43. The Bertz CT molecular complexity index is 1370. The summed E-state index contributed by atoms with van der Waals surface area (Å²) in [6.07, 6.45) is -2.67. The van der Waals surface area contributed by atoms with Gasteiger partial charge in [0.25, 0.3) is 0 Å². The molecule has 1 N–H and O–H groups in total. The fraction of sp³-hybridized carbons (Fsp3) is 0.185. The molecule has 0 saturated carbocycles. The second-order valence-electron chi connectivity index (χ2n) is 8.54. The zero-order chi connectivity index (χ0) is 24.7. The third-order valence-electron chi connectivity index (χ3n) is 6.35. The number of aryl methyl sites for hydroxylation is 1. The predicted octanol–water partition coefficient (Wildman–Crippen LogP) is 6.69. The zero-order valence-electron chi connectivity index (χ0n) is 19.1. The van der Waals surface area contributed by atoms with Crippen LogP contribution in [0.25, 0.3) is 5.69 Å². The van der Waals surface area contributed by atoms with Gasteiger partial charge in [0.05, 0.1) is 23.3 Å². The molecule has 2 atom stereocenters. The third-order valence-corrected chi connectivity index (χ3v) is 6.67. The Labute approximate surface area is 207 Å². The van der Waals surface area contributed by atoms with E-state index in [4.69, 9.17) is 12.2 Å². The minimum Gasteiger partial charge on any atom is -0.351 e. The second kappa shape index (κ2) is 8.85. The molecule has 35 heavy (non-hydrogen) atoms. The molecule has 1 aliphatic heterocycles. The first kappa shape index (κ1) is 23.1. The molecule has 4 nitrogen and oxygen atoms in total. The fourth-order valence-electron chi connectivity index (χ4n) is 4.84. The van der Waals surface area contributed by atoms with Crippen molar-refractivity contribution in [2.75, 3.05) is 4.90 Å². The van der Waals surface area contributed by atoms with Crippen LogP contribution >= 0.6 is 12.2 Å². The number of thiocarbonyl (C=S) groups is 1. The number of nitrogens with zero attached hydrogens (tertiary/aromatic N) is 3. The lowest BCUT2D eigenvalue weighted by Gasteiger charge is -2.28. The lowest BCUT2D eigenvalue weighted by molar-refractivity contribution is -0.137. The topological polar surface area (TPSA) is 33.1 Å². The smallest absolute Gasteiger partial charge is 0.351 e. The standard InChI is InChI=1S/C27H23F3N4S/c1-17-15-22(18(2)33(17)21-12-8-9-19(16-21)27(28,29)30)25-24(23-13-6-7-14-31-23)32-26(35)34(25)20-10-4-3-5-11-20/h3-16,24-25H,1-2H3,(H,32,35)/t24-,25-/m0/s1. The molecule has 2 aromatic carbocycles. The molecule has 0 aliphatic carbocycles. The van der Waals surface area contributed by atoms with E-state index in [1.807, 2.05) is 73.0 Å². The van der Waals surface area contributed by atoms with E-state index in [1.54, 1.807) is 12.3 Å². The molecular formula is C27H23F3N4S. The molecule has 0 bridgehead atoms. The number of alkyl halides is 3. The van der Waals surface area contributed by atoms with Crippen LogP contribution in [0.2, 0.25) is 0 Å². The summed E-state index contributed by atoms with van der Waals surface area (Å²) >= 11 is 5.77. The van der Waals surface area contributed by atoms with E-state index in [2.05, 4.69) is 15.2 Å². The Morgan fingerprint density at radius 1 is 0.886 bits per heavy atom. The quantitative estimate of drug-likeness (QED) is 0.322. The minimum absolute atomic E-state index is 0.237. The number of hydrogen-bond donors (Lipinski definition) is 1. The highest BCUT2D eigenvalue weighted by molar-refractivity contribution is 7.80. The average molecular weight is 493 g/mol. The maximum atomic E-state index is 13.4. The van der Waals surface area contributed by atoms with Crippen molar-refractivity contribution in [1.82, 2.24) is 14.9 Å². The van der Waals surface area contributed by atoms with Gasteiger partial charge in [-0.05, 0) is 80.2 Å². The molecule has 5 rings (SSSR count). The van der Waals surface area contributed by atoms with Crippen molar-refractivity contribution in [2.45, 2.75) is 32.1 Å². The molecule has 0 spiro atoms. The van der Waals surface area contributed by atoms with Crippen LogP contribution < -0.4 is 10.2 Å². The molecule has 1 aliphatic rings. The van der Waals surface area contributed by atoms with Crippen LogP contribution in [0.5, 0.6) is 0 Å². The van der Waals surface area contributed by atoms with E-state index < -0.39 is 11.7 Å². The van der Waals surface area contributed by atoms with Gasteiger partial charge in [0.1, 0.15) is 0 Å². The van der Waals surface area contributed by atoms with Gasteiger partial charge in [-0.15, -0.1) is 0 Å². The molecular weight excluding hydrogens is 469 g/mol. The summed E-state index contributed by atoms with van der Waals surface area (Å²) < 4.78 is 42.1. The van der Waals surface area contributed by atoms with Gasteiger partial charge in [-0.2, -0.15) is 13.2 Å². The fourth-order valence-corrected chi connectivity index (χ4v) is 5.19.